The lowest BCUT2D eigenvalue weighted by Gasteiger charge is -1.97. The first-order valence-electron chi connectivity index (χ1n) is 3.19. The Morgan fingerprint density at radius 3 is 3.09 bits per heavy atom. The number of carbonyl (C=O) groups excluding carboxylic acids is 1. The molecule has 1 N–H and O–H groups in total. The van der Waals surface area contributed by atoms with Crippen LogP contribution in [0.4, 0.5) is 0 Å². The van der Waals surface area contributed by atoms with Crippen molar-refractivity contribution in [2.45, 2.75) is 0 Å². The van der Waals surface area contributed by atoms with E-state index in [1.807, 2.05) is 0 Å². The van der Waals surface area contributed by atoms with Crippen LogP contribution in [0.5, 0.6) is 0 Å². The van der Waals surface area contributed by atoms with Gasteiger partial charge in [0.05, 0.1) is 6.61 Å². The Morgan fingerprint density at radius 2 is 2.55 bits per heavy atom. The van der Waals surface area contributed by atoms with E-state index in [0.29, 0.717) is 5.57 Å². The monoisotopic (exact) mass is 154 g/mol. The van der Waals surface area contributed by atoms with E-state index in [9.17, 15) is 4.79 Å². The summed E-state index contributed by atoms with van der Waals surface area (Å²) in [6, 6.07) is 0. The van der Waals surface area contributed by atoms with Gasteiger partial charge in [-0.1, -0.05) is 4.67 Å². The predicted octanol–water partition coefficient (Wildman–Crippen LogP) is -1.33. The molecule has 0 aromatic rings. The Morgan fingerprint density at radius 1 is 1.73 bits per heavy atom. The average Bonchev–Trinajstić information content (AvgIpc) is 2.52. The number of nitrogens with zero attached hydrogens (tertiary/aromatic N) is 1. The molecule has 0 fully saturated rings. The highest BCUT2D eigenvalue weighted by atomic mass is 16.5. The maximum Gasteiger partial charge on any atom is 0.345 e. The van der Waals surface area contributed by atoms with E-state index < -0.39 is 5.97 Å². The SMILES string of the molecule is O=C(OCCO)C1=CC=[N+]=C1. The largest absolute Gasteiger partial charge is 0.459 e. The third kappa shape index (κ3) is 2.04. The lowest BCUT2D eigenvalue weighted by molar-refractivity contribution is -0.139. The average molecular weight is 154 g/mol. The number of carbonyl (C=O) groups is 1. The first kappa shape index (κ1) is 7.72. The molecule has 0 aromatic carbocycles. The molecular weight excluding hydrogens is 146 g/mol. The molecule has 0 atom stereocenters. The fourth-order valence-corrected chi connectivity index (χ4v) is 0.632. The molecule has 11 heavy (non-hydrogen) atoms. The Labute approximate surface area is 63.5 Å². The van der Waals surface area contributed by atoms with E-state index in [2.05, 4.69) is 9.40 Å². The Kier molecular flexibility index (Phi) is 2.60. The van der Waals surface area contributed by atoms with Crippen LogP contribution in [0.3, 0.4) is 0 Å². The summed E-state index contributed by atoms with van der Waals surface area (Å²) in [5, 5.41) is 8.32. The molecule has 4 heteroatoms. The predicted molar refractivity (Wildman–Crippen MR) is 40.4 cm³/mol. The zero-order valence-corrected chi connectivity index (χ0v) is 5.86. The smallest absolute Gasteiger partial charge is 0.345 e. The first-order valence-corrected chi connectivity index (χ1v) is 3.19. The minimum absolute atomic E-state index is 0.0318. The van der Waals surface area contributed by atoms with E-state index >= 15 is 0 Å². The molecule has 0 bridgehead atoms. The van der Waals surface area contributed by atoms with Gasteiger partial charge in [0.2, 0.25) is 0 Å². The zero-order chi connectivity index (χ0) is 8.10. The molecule has 0 aromatic heterocycles. The summed E-state index contributed by atoms with van der Waals surface area (Å²) in [6.45, 7) is -0.121. The van der Waals surface area contributed by atoms with Crippen LogP contribution in [0.15, 0.2) is 11.6 Å². The molecule has 1 aliphatic rings. The van der Waals surface area contributed by atoms with Crippen LogP contribution >= 0.6 is 0 Å². The van der Waals surface area contributed by atoms with Crippen LogP contribution in [0.2, 0.25) is 0 Å². The van der Waals surface area contributed by atoms with Crippen molar-refractivity contribution in [3.05, 3.63) is 11.6 Å². The van der Waals surface area contributed by atoms with E-state index in [0.717, 1.165) is 0 Å². The van der Waals surface area contributed by atoms with Gasteiger partial charge in [-0.2, -0.15) is 0 Å². The Balaban J connectivity index is 2.37. The molecular formula is C7H8NO3+. The lowest BCUT2D eigenvalue weighted by atomic mass is 10.3. The number of ether oxygens (including phenoxy) is 1. The van der Waals surface area contributed by atoms with Gasteiger partial charge in [-0.05, 0) is 0 Å². The molecule has 1 heterocycles. The highest BCUT2D eigenvalue weighted by Gasteiger charge is 2.15. The van der Waals surface area contributed by atoms with Gasteiger partial charge in [0.15, 0.2) is 0 Å². The van der Waals surface area contributed by atoms with Crippen molar-refractivity contribution in [1.29, 1.82) is 0 Å². The summed E-state index contributed by atoms with van der Waals surface area (Å²) < 4.78 is 8.29. The molecule has 4 nitrogen and oxygen atoms in total. The van der Waals surface area contributed by atoms with Crippen molar-refractivity contribution >= 4 is 18.4 Å². The number of aliphatic hydroxyl groups is 1. The third-order valence-corrected chi connectivity index (χ3v) is 1.11. The van der Waals surface area contributed by atoms with Crippen molar-refractivity contribution in [2.75, 3.05) is 13.2 Å². The van der Waals surface area contributed by atoms with Crippen LogP contribution in [-0.4, -0.2) is 36.7 Å². The van der Waals surface area contributed by atoms with Gasteiger partial charge >= 0.3 is 12.2 Å². The lowest BCUT2D eigenvalue weighted by Crippen LogP contribution is -2.11. The van der Waals surface area contributed by atoms with E-state index in [-0.39, 0.29) is 13.2 Å². The molecule has 0 amide bonds. The van der Waals surface area contributed by atoms with Gasteiger partial charge in [0.25, 0.3) is 6.21 Å². The minimum atomic E-state index is -0.448. The maximum absolute atomic E-state index is 10.9. The molecule has 0 aliphatic carbocycles. The van der Waals surface area contributed by atoms with E-state index in [4.69, 9.17) is 5.11 Å². The number of rotatable bonds is 3. The van der Waals surface area contributed by atoms with Crippen molar-refractivity contribution in [1.82, 2.24) is 4.67 Å². The van der Waals surface area contributed by atoms with Crippen LogP contribution in [-0.2, 0) is 9.53 Å². The quantitative estimate of drug-likeness (QED) is 0.404. The van der Waals surface area contributed by atoms with Gasteiger partial charge in [0.1, 0.15) is 12.2 Å². The summed E-state index contributed by atoms with van der Waals surface area (Å²) in [7, 11) is 0. The fourth-order valence-electron chi connectivity index (χ4n) is 0.632. The molecule has 1 rings (SSSR count). The van der Waals surface area contributed by atoms with Gasteiger partial charge in [-0.3, -0.25) is 0 Å². The number of allylic oxidation sites excluding steroid dienone is 1. The van der Waals surface area contributed by atoms with Crippen molar-refractivity contribution < 1.29 is 14.6 Å². The number of esters is 1. The Bertz CT molecular complexity index is 248. The van der Waals surface area contributed by atoms with E-state index in [1.54, 1.807) is 6.08 Å². The second-order valence-electron chi connectivity index (χ2n) is 1.91. The van der Waals surface area contributed by atoms with Gasteiger partial charge in [-0.15, -0.1) is 0 Å². The third-order valence-electron chi connectivity index (χ3n) is 1.11. The highest BCUT2D eigenvalue weighted by Crippen LogP contribution is 1.94. The van der Waals surface area contributed by atoms with Crippen LogP contribution in [0, 0.1) is 0 Å². The topological polar surface area (TPSA) is 60.6 Å². The van der Waals surface area contributed by atoms with Gasteiger partial charge in [0, 0.05) is 6.08 Å². The molecule has 0 saturated heterocycles. The molecule has 0 radical (unpaired) electrons. The van der Waals surface area contributed by atoms with Gasteiger partial charge in [-0.25, -0.2) is 4.79 Å². The summed E-state index contributed by atoms with van der Waals surface area (Å²) in [6.07, 6.45) is 4.48. The van der Waals surface area contributed by atoms with Crippen LogP contribution in [0.25, 0.3) is 0 Å². The molecule has 0 unspecified atom stereocenters. The van der Waals surface area contributed by atoms with Gasteiger partial charge < -0.3 is 9.84 Å². The summed E-state index contributed by atoms with van der Waals surface area (Å²) in [5.41, 5.74) is 0.415. The normalized spacial score (nSPS) is 13.4. The van der Waals surface area contributed by atoms with Crippen LogP contribution in [0.1, 0.15) is 0 Å². The zero-order valence-electron chi connectivity index (χ0n) is 5.86. The molecule has 58 valence electrons. The summed E-state index contributed by atoms with van der Waals surface area (Å²) in [4.78, 5) is 10.9. The molecule has 0 saturated carbocycles. The minimum Gasteiger partial charge on any atom is -0.459 e. The van der Waals surface area contributed by atoms with E-state index in [1.165, 1.54) is 12.4 Å². The molecule has 1 aliphatic heterocycles. The summed E-state index contributed by atoms with van der Waals surface area (Å²) >= 11 is 0. The van der Waals surface area contributed by atoms with Crippen molar-refractivity contribution in [3.8, 4) is 0 Å². The Hall–Kier alpha value is -1.38. The number of hydrogen-bond donors (Lipinski definition) is 1. The van der Waals surface area contributed by atoms with Crippen LogP contribution < -0.4 is 4.67 Å². The summed E-state index contributed by atoms with van der Waals surface area (Å²) in [5.74, 6) is -0.448. The number of hydrogen-bond acceptors (Lipinski definition) is 3. The molecule has 0 spiro atoms. The first-order chi connectivity index (χ1) is 5.34. The second-order valence-corrected chi connectivity index (χ2v) is 1.91. The highest BCUT2D eigenvalue weighted by molar-refractivity contribution is 6.14. The maximum atomic E-state index is 10.9. The van der Waals surface area contributed by atoms with Crippen molar-refractivity contribution in [3.63, 3.8) is 0 Å². The second kappa shape index (κ2) is 3.71. The fraction of sp³-hybridized carbons (Fsp3) is 0.286. The number of aliphatic hydroxyl groups excluding tert-OH is 1. The standard InChI is InChI=1S/C7H8NO3/c9-3-4-11-7(10)6-1-2-8-5-6/h1-2,5,9H,3-4H2/q+1. The van der Waals surface area contributed by atoms with Crippen molar-refractivity contribution in [2.24, 2.45) is 0 Å².